The lowest BCUT2D eigenvalue weighted by molar-refractivity contribution is 0.249. The fourth-order valence-corrected chi connectivity index (χ4v) is 3.24. The van der Waals surface area contributed by atoms with Crippen molar-refractivity contribution in [2.75, 3.05) is 31.1 Å². The highest BCUT2D eigenvalue weighted by Crippen LogP contribution is 2.18. The van der Waals surface area contributed by atoms with Crippen molar-refractivity contribution >= 4 is 17.2 Å². The summed E-state index contributed by atoms with van der Waals surface area (Å²) in [6.07, 6.45) is 1.84. The molecule has 0 bridgehead atoms. The number of thiophene rings is 1. The van der Waals surface area contributed by atoms with E-state index in [0.29, 0.717) is 0 Å². The topological polar surface area (TPSA) is 32.3 Å². The number of anilines is 1. The molecule has 0 radical (unpaired) electrons. The number of rotatable bonds is 3. The average molecular weight is 288 g/mol. The SMILES string of the molecule is Cc1cnc(C)c(N2CCN(Cc3ccsc3)CC2)n1. The van der Waals surface area contributed by atoms with Crippen LogP contribution in [0.3, 0.4) is 0 Å². The van der Waals surface area contributed by atoms with Crippen LogP contribution in [0.4, 0.5) is 5.82 Å². The second-order valence-corrected chi connectivity index (χ2v) is 6.10. The third-order valence-corrected chi connectivity index (χ3v) is 4.44. The van der Waals surface area contributed by atoms with Gasteiger partial charge in [0.25, 0.3) is 0 Å². The molecule has 0 aliphatic carbocycles. The fraction of sp³-hybridized carbons (Fsp3) is 0.467. The molecule has 106 valence electrons. The van der Waals surface area contributed by atoms with Crippen LogP contribution in [0.5, 0.6) is 0 Å². The van der Waals surface area contributed by atoms with Gasteiger partial charge in [0.05, 0.1) is 11.4 Å². The van der Waals surface area contributed by atoms with E-state index in [1.807, 2.05) is 20.0 Å². The Kier molecular flexibility index (Phi) is 3.98. The van der Waals surface area contributed by atoms with Gasteiger partial charge in [-0.2, -0.15) is 11.3 Å². The third kappa shape index (κ3) is 2.99. The maximum absolute atomic E-state index is 4.64. The molecule has 0 unspecified atom stereocenters. The molecule has 0 spiro atoms. The number of aryl methyl sites for hydroxylation is 2. The molecule has 2 aromatic heterocycles. The van der Waals surface area contributed by atoms with E-state index in [0.717, 1.165) is 49.9 Å². The minimum atomic E-state index is 0.992. The zero-order valence-corrected chi connectivity index (χ0v) is 12.9. The van der Waals surface area contributed by atoms with E-state index in [4.69, 9.17) is 0 Å². The fourth-order valence-electron chi connectivity index (χ4n) is 2.58. The van der Waals surface area contributed by atoms with E-state index >= 15 is 0 Å². The smallest absolute Gasteiger partial charge is 0.150 e. The Hall–Kier alpha value is -1.46. The van der Waals surface area contributed by atoms with Gasteiger partial charge in [-0.15, -0.1) is 0 Å². The molecule has 0 amide bonds. The largest absolute Gasteiger partial charge is 0.353 e. The number of nitrogens with zero attached hydrogens (tertiary/aromatic N) is 4. The van der Waals surface area contributed by atoms with Gasteiger partial charge in [-0.3, -0.25) is 9.88 Å². The molecule has 5 heteroatoms. The Morgan fingerprint density at radius 1 is 1.20 bits per heavy atom. The molecule has 1 aliphatic rings. The summed E-state index contributed by atoms with van der Waals surface area (Å²) in [6, 6.07) is 2.22. The molecule has 1 fully saturated rings. The average Bonchev–Trinajstić information content (AvgIpc) is 2.95. The molecule has 2 aromatic rings. The second kappa shape index (κ2) is 5.89. The van der Waals surface area contributed by atoms with Gasteiger partial charge in [-0.1, -0.05) is 0 Å². The first-order chi connectivity index (χ1) is 9.72. The van der Waals surface area contributed by atoms with Crippen LogP contribution >= 0.6 is 11.3 Å². The van der Waals surface area contributed by atoms with Crippen LogP contribution in [0, 0.1) is 13.8 Å². The number of hydrogen-bond acceptors (Lipinski definition) is 5. The summed E-state index contributed by atoms with van der Waals surface area (Å²) in [4.78, 5) is 13.9. The van der Waals surface area contributed by atoms with Crippen molar-refractivity contribution < 1.29 is 0 Å². The van der Waals surface area contributed by atoms with Crippen molar-refractivity contribution in [2.45, 2.75) is 20.4 Å². The van der Waals surface area contributed by atoms with Crippen LogP contribution in [0.25, 0.3) is 0 Å². The zero-order valence-electron chi connectivity index (χ0n) is 12.0. The summed E-state index contributed by atoms with van der Waals surface area (Å²) in [6.45, 7) is 9.35. The van der Waals surface area contributed by atoms with Crippen LogP contribution in [0.2, 0.25) is 0 Å². The Bertz CT molecular complexity index is 559. The quantitative estimate of drug-likeness (QED) is 0.868. The molecular formula is C15H20N4S. The van der Waals surface area contributed by atoms with Crippen LogP contribution < -0.4 is 4.90 Å². The normalized spacial score (nSPS) is 16.6. The monoisotopic (exact) mass is 288 g/mol. The van der Waals surface area contributed by atoms with Crippen molar-refractivity contribution in [3.05, 3.63) is 40.0 Å². The predicted molar refractivity (Wildman–Crippen MR) is 83.3 cm³/mol. The number of hydrogen-bond donors (Lipinski definition) is 0. The van der Waals surface area contributed by atoms with Gasteiger partial charge in [0.1, 0.15) is 5.82 Å². The summed E-state index contributed by atoms with van der Waals surface area (Å²) in [5, 5.41) is 4.39. The van der Waals surface area contributed by atoms with E-state index in [1.165, 1.54) is 5.56 Å². The van der Waals surface area contributed by atoms with Gasteiger partial charge in [0.15, 0.2) is 0 Å². The van der Waals surface area contributed by atoms with Crippen LogP contribution in [-0.4, -0.2) is 41.0 Å². The number of aromatic nitrogens is 2. The maximum Gasteiger partial charge on any atom is 0.150 e. The van der Waals surface area contributed by atoms with E-state index in [2.05, 4.69) is 36.6 Å². The molecule has 4 nitrogen and oxygen atoms in total. The standard InChI is InChI=1S/C15H20N4S/c1-12-9-16-13(2)15(17-12)19-6-4-18(5-7-19)10-14-3-8-20-11-14/h3,8-9,11H,4-7,10H2,1-2H3. The molecule has 3 rings (SSSR count). The highest BCUT2D eigenvalue weighted by molar-refractivity contribution is 7.07. The molecule has 1 aliphatic heterocycles. The predicted octanol–water partition coefficient (Wildman–Crippen LogP) is 2.48. The Morgan fingerprint density at radius 2 is 2.00 bits per heavy atom. The lowest BCUT2D eigenvalue weighted by Crippen LogP contribution is -2.46. The van der Waals surface area contributed by atoms with Gasteiger partial charge in [0, 0.05) is 38.9 Å². The summed E-state index contributed by atoms with van der Waals surface area (Å²) in [5.74, 6) is 1.06. The van der Waals surface area contributed by atoms with E-state index in [1.54, 1.807) is 11.3 Å². The van der Waals surface area contributed by atoms with Gasteiger partial charge >= 0.3 is 0 Å². The lowest BCUT2D eigenvalue weighted by atomic mass is 10.2. The molecule has 20 heavy (non-hydrogen) atoms. The van der Waals surface area contributed by atoms with Crippen molar-refractivity contribution in [3.63, 3.8) is 0 Å². The zero-order chi connectivity index (χ0) is 13.9. The summed E-state index contributed by atoms with van der Waals surface area (Å²) < 4.78 is 0. The Balaban J connectivity index is 1.62. The summed E-state index contributed by atoms with van der Waals surface area (Å²) in [7, 11) is 0. The first-order valence-corrected chi connectivity index (χ1v) is 7.95. The van der Waals surface area contributed by atoms with Crippen LogP contribution in [0.15, 0.2) is 23.0 Å². The molecule has 3 heterocycles. The van der Waals surface area contributed by atoms with Crippen molar-refractivity contribution in [1.29, 1.82) is 0 Å². The van der Waals surface area contributed by atoms with Gasteiger partial charge < -0.3 is 4.90 Å². The summed E-state index contributed by atoms with van der Waals surface area (Å²) >= 11 is 1.77. The second-order valence-electron chi connectivity index (χ2n) is 5.32. The molecule has 0 N–H and O–H groups in total. The maximum atomic E-state index is 4.64. The van der Waals surface area contributed by atoms with Crippen molar-refractivity contribution in [2.24, 2.45) is 0 Å². The van der Waals surface area contributed by atoms with Gasteiger partial charge in [-0.25, -0.2) is 4.98 Å². The first kappa shape index (κ1) is 13.5. The molecule has 0 saturated carbocycles. The molecule has 0 aromatic carbocycles. The highest BCUT2D eigenvalue weighted by Gasteiger charge is 2.20. The molecule has 0 atom stereocenters. The number of piperazine rings is 1. The van der Waals surface area contributed by atoms with E-state index in [-0.39, 0.29) is 0 Å². The summed E-state index contributed by atoms with van der Waals surface area (Å²) in [5.41, 5.74) is 3.45. The molecular weight excluding hydrogens is 268 g/mol. The Labute approximate surface area is 124 Å². The van der Waals surface area contributed by atoms with Gasteiger partial charge in [-0.05, 0) is 36.2 Å². The van der Waals surface area contributed by atoms with E-state index in [9.17, 15) is 0 Å². The Morgan fingerprint density at radius 3 is 2.70 bits per heavy atom. The van der Waals surface area contributed by atoms with Gasteiger partial charge in [0.2, 0.25) is 0 Å². The highest BCUT2D eigenvalue weighted by atomic mass is 32.1. The first-order valence-electron chi connectivity index (χ1n) is 7.01. The minimum Gasteiger partial charge on any atom is -0.353 e. The third-order valence-electron chi connectivity index (χ3n) is 3.71. The minimum absolute atomic E-state index is 0.992. The van der Waals surface area contributed by atoms with Crippen molar-refractivity contribution in [3.8, 4) is 0 Å². The van der Waals surface area contributed by atoms with Crippen LogP contribution in [-0.2, 0) is 6.54 Å². The van der Waals surface area contributed by atoms with Crippen molar-refractivity contribution in [1.82, 2.24) is 14.9 Å². The van der Waals surface area contributed by atoms with Crippen LogP contribution in [0.1, 0.15) is 17.0 Å². The van der Waals surface area contributed by atoms with E-state index < -0.39 is 0 Å². The lowest BCUT2D eigenvalue weighted by Gasteiger charge is -2.35. The molecule has 1 saturated heterocycles.